The van der Waals surface area contributed by atoms with Crippen molar-refractivity contribution in [1.29, 1.82) is 0 Å². The van der Waals surface area contributed by atoms with E-state index in [0.717, 1.165) is 21.5 Å². The van der Waals surface area contributed by atoms with Crippen LogP contribution in [0, 0.1) is 0 Å². The van der Waals surface area contributed by atoms with Gasteiger partial charge in [-0.15, -0.1) is 21.5 Å². The zero-order chi connectivity index (χ0) is 15.8. The van der Waals surface area contributed by atoms with E-state index in [4.69, 9.17) is 4.74 Å². The molecule has 3 aromatic rings. The molecule has 1 aromatic carbocycles. The molecular formula is C16H16N4O2S. The van der Waals surface area contributed by atoms with Gasteiger partial charge in [0.2, 0.25) is 0 Å². The molecule has 1 fully saturated rings. The predicted octanol–water partition coefficient (Wildman–Crippen LogP) is 2.24. The maximum Gasteiger partial charge on any atom is 0.255 e. The topological polar surface area (TPSA) is 60.2 Å². The molecule has 2 aromatic heterocycles. The molecule has 4 rings (SSSR count). The van der Waals surface area contributed by atoms with Gasteiger partial charge in [-0.3, -0.25) is 4.79 Å². The normalized spacial score (nSPS) is 18.5. The van der Waals surface area contributed by atoms with Crippen molar-refractivity contribution in [3.63, 3.8) is 0 Å². The van der Waals surface area contributed by atoms with Crippen LogP contribution in [0.1, 0.15) is 22.3 Å². The van der Waals surface area contributed by atoms with Gasteiger partial charge in [0.05, 0.1) is 18.7 Å². The average molecular weight is 328 g/mol. The molecule has 1 aliphatic heterocycles. The summed E-state index contributed by atoms with van der Waals surface area (Å²) in [5, 5.41) is 10.9. The first-order valence-electron chi connectivity index (χ1n) is 7.45. The van der Waals surface area contributed by atoms with Gasteiger partial charge in [0.1, 0.15) is 12.4 Å². The lowest BCUT2D eigenvalue weighted by Gasteiger charge is -2.32. The highest BCUT2D eigenvalue weighted by molar-refractivity contribution is 7.17. The molecule has 3 heterocycles. The van der Waals surface area contributed by atoms with Crippen LogP contribution in [0.25, 0.3) is 10.1 Å². The number of aryl methyl sites for hydroxylation is 1. The minimum atomic E-state index is -0.231. The summed E-state index contributed by atoms with van der Waals surface area (Å²) in [4.78, 5) is 14.8. The summed E-state index contributed by atoms with van der Waals surface area (Å²) in [7, 11) is 1.88. The van der Waals surface area contributed by atoms with Crippen LogP contribution >= 0.6 is 11.3 Å². The van der Waals surface area contributed by atoms with Gasteiger partial charge >= 0.3 is 0 Å². The molecule has 0 aliphatic carbocycles. The zero-order valence-corrected chi connectivity index (χ0v) is 13.5. The van der Waals surface area contributed by atoms with Gasteiger partial charge in [0, 0.05) is 29.1 Å². The summed E-state index contributed by atoms with van der Waals surface area (Å²) in [5.74, 6) is 0.801. The lowest BCUT2D eigenvalue weighted by molar-refractivity contribution is -0.0280. The molecule has 0 bridgehead atoms. The number of ether oxygens (including phenoxy) is 1. The van der Waals surface area contributed by atoms with E-state index in [2.05, 4.69) is 10.2 Å². The Labute approximate surface area is 137 Å². The van der Waals surface area contributed by atoms with E-state index in [-0.39, 0.29) is 12.0 Å². The third kappa shape index (κ3) is 2.51. The van der Waals surface area contributed by atoms with Gasteiger partial charge in [-0.05, 0) is 6.07 Å². The Morgan fingerprint density at radius 3 is 3.09 bits per heavy atom. The summed E-state index contributed by atoms with van der Waals surface area (Å²) in [6, 6.07) is 8.00. The molecular weight excluding hydrogens is 312 g/mol. The van der Waals surface area contributed by atoms with Gasteiger partial charge in [-0.2, -0.15) is 0 Å². The number of amides is 1. The Morgan fingerprint density at radius 2 is 2.26 bits per heavy atom. The zero-order valence-electron chi connectivity index (χ0n) is 12.7. The number of aromatic nitrogens is 3. The van der Waals surface area contributed by atoms with Crippen LogP contribution in [-0.2, 0) is 11.8 Å². The maximum atomic E-state index is 12.9. The number of hydrogen-bond acceptors (Lipinski definition) is 5. The molecule has 1 amide bonds. The SMILES string of the molecule is Cn1cnnc1[C@@H]1CN(C(=O)c2csc3ccccc23)CCO1. The first-order valence-corrected chi connectivity index (χ1v) is 8.33. The fourth-order valence-electron chi connectivity index (χ4n) is 2.89. The molecule has 1 saturated heterocycles. The lowest BCUT2D eigenvalue weighted by Crippen LogP contribution is -2.42. The highest BCUT2D eigenvalue weighted by atomic mass is 32.1. The molecule has 0 spiro atoms. The summed E-state index contributed by atoms with van der Waals surface area (Å²) in [6.45, 7) is 1.60. The molecule has 0 radical (unpaired) electrons. The Hall–Kier alpha value is -2.25. The third-order valence-corrected chi connectivity index (χ3v) is 5.06. The van der Waals surface area contributed by atoms with E-state index in [1.807, 2.05) is 46.2 Å². The number of thiophene rings is 1. The maximum absolute atomic E-state index is 12.9. The van der Waals surface area contributed by atoms with Crippen molar-refractivity contribution in [3.8, 4) is 0 Å². The Balaban J connectivity index is 1.60. The minimum absolute atomic E-state index is 0.0536. The van der Waals surface area contributed by atoms with Crippen molar-refractivity contribution in [3.05, 3.63) is 47.4 Å². The van der Waals surface area contributed by atoms with Crippen molar-refractivity contribution in [2.24, 2.45) is 7.05 Å². The fraction of sp³-hybridized carbons (Fsp3) is 0.312. The quantitative estimate of drug-likeness (QED) is 0.724. The monoisotopic (exact) mass is 328 g/mol. The molecule has 23 heavy (non-hydrogen) atoms. The molecule has 7 heteroatoms. The van der Waals surface area contributed by atoms with Crippen LogP contribution in [0.4, 0.5) is 0 Å². The van der Waals surface area contributed by atoms with Crippen molar-refractivity contribution in [2.45, 2.75) is 6.10 Å². The van der Waals surface area contributed by atoms with E-state index >= 15 is 0 Å². The lowest BCUT2D eigenvalue weighted by atomic mass is 10.1. The van der Waals surface area contributed by atoms with Crippen LogP contribution in [-0.4, -0.2) is 45.3 Å². The van der Waals surface area contributed by atoms with Crippen LogP contribution in [0.3, 0.4) is 0 Å². The van der Waals surface area contributed by atoms with Crippen LogP contribution in [0.15, 0.2) is 36.0 Å². The van der Waals surface area contributed by atoms with Gasteiger partial charge in [0.25, 0.3) is 5.91 Å². The fourth-order valence-corrected chi connectivity index (χ4v) is 3.82. The average Bonchev–Trinajstić information content (AvgIpc) is 3.20. The molecule has 0 saturated carbocycles. The summed E-state index contributed by atoms with van der Waals surface area (Å²) < 4.78 is 8.74. The first kappa shape index (κ1) is 14.3. The second-order valence-electron chi connectivity index (χ2n) is 5.56. The second-order valence-corrected chi connectivity index (χ2v) is 6.47. The van der Waals surface area contributed by atoms with E-state index in [1.54, 1.807) is 17.7 Å². The predicted molar refractivity (Wildman–Crippen MR) is 87.4 cm³/mol. The number of nitrogens with zero attached hydrogens (tertiary/aromatic N) is 4. The molecule has 0 N–H and O–H groups in total. The number of carbonyl (C=O) groups excluding carboxylic acids is 1. The number of carbonyl (C=O) groups is 1. The third-order valence-electron chi connectivity index (χ3n) is 4.10. The summed E-state index contributed by atoms with van der Waals surface area (Å²) >= 11 is 1.60. The number of morpholine rings is 1. The number of fused-ring (bicyclic) bond motifs is 1. The van der Waals surface area contributed by atoms with Crippen molar-refractivity contribution in [2.75, 3.05) is 19.7 Å². The van der Waals surface area contributed by atoms with Crippen LogP contribution in [0.2, 0.25) is 0 Å². The summed E-state index contributed by atoms with van der Waals surface area (Å²) in [5.41, 5.74) is 0.768. The van der Waals surface area contributed by atoms with Gasteiger partial charge < -0.3 is 14.2 Å². The molecule has 1 aliphatic rings. The standard InChI is InChI=1S/C16H16N4O2S/c1-19-10-17-18-15(19)13-8-20(6-7-22-13)16(21)12-9-23-14-5-3-2-4-11(12)14/h2-5,9-10,13H,6-8H2,1H3/t13-/m0/s1. The van der Waals surface area contributed by atoms with Gasteiger partial charge in [-0.25, -0.2) is 0 Å². The van der Waals surface area contributed by atoms with Crippen molar-refractivity contribution >= 4 is 27.3 Å². The second kappa shape index (κ2) is 5.75. The Kier molecular flexibility index (Phi) is 3.59. The van der Waals surface area contributed by atoms with E-state index in [1.165, 1.54) is 0 Å². The van der Waals surface area contributed by atoms with Crippen LogP contribution in [0.5, 0.6) is 0 Å². The highest BCUT2D eigenvalue weighted by Crippen LogP contribution is 2.28. The van der Waals surface area contributed by atoms with E-state index in [0.29, 0.717) is 19.7 Å². The number of benzene rings is 1. The molecule has 1 atom stereocenters. The van der Waals surface area contributed by atoms with Crippen molar-refractivity contribution < 1.29 is 9.53 Å². The van der Waals surface area contributed by atoms with Crippen LogP contribution < -0.4 is 0 Å². The Morgan fingerprint density at radius 1 is 1.39 bits per heavy atom. The molecule has 118 valence electrons. The first-order chi connectivity index (χ1) is 11.2. The highest BCUT2D eigenvalue weighted by Gasteiger charge is 2.29. The summed E-state index contributed by atoms with van der Waals surface area (Å²) in [6.07, 6.45) is 1.41. The molecule has 6 nitrogen and oxygen atoms in total. The number of rotatable bonds is 2. The van der Waals surface area contributed by atoms with Gasteiger partial charge in [0.15, 0.2) is 5.82 Å². The minimum Gasteiger partial charge on any atom is -0.366 e. The van der Waals surface area contributed by atoms with Crippen molar-refractivity contribution in [1.82, 2.24) is 19.7 Å². The van der Waals surface area contributed by atoms with E-state index in [9.17, 15) is 4.79 Å². The number of hydrogen-bond donors (Lipinski definition) is 0. The van der Waals surface area contributed by atoms with Gasteiger partial charge in [-0.1, -0.05) is 18.2 Å². The van der Waals surface area contributed by atoms with E-state index < -0.39 is 0 Å². The molecule has 0 unspecified atom stereocenters. The smallest absolute Gasteiger partial charge is 0.255 e. The largest absolute Gasteiger partial charge is 0.366 e. The Bertz CT molecular complexity index is 857.